The fourth-order valence-corrected chi connectivity index (χ4v) is 1.39. The molecule has 94 valence electrons. The molecule has 0 aliphatic rings. The predicted molar refractivity (Wildman–Crippen MR) is 53.1 cm³/mol. The Morgan fingerprint density at radius 2 is 1.71 bits per heavy atom. The van der Waals surface area contributed by atoms with Crippen LogP contribution in [0.3, 0.4) is 0 Å². The number of primary amides is 1. The van der Waals surface area contributed by atoms with Gasteiger partial charge in [-0.3, -0.25) is 4.79 Å². The first-order valence-corrected chi connectivity index (χ1v) is 4.45. The summed E-state index contributed by atoms with van der Waals surface area (Å²) in [5, 5.41) is 0. The Morgan fingerprint density at radius 1 is 1.18 bits per heavy atom. The molecule has 0 heterocycles. The van der Waals surface area contributed by atoms with Gasteiger partial charge in [-0.1, -0.05) is 0 Å². The minimum Gasteiger partial charge on any atom is -0.492 e. The van der Waals surface area contributed by atoms with Crippen molar-refractivity contribution in [3.05, 3.63) is 23.3 Å². The quantitative estimate of drug-likeness (QED) is 0.888. The molecule has 0 fully saturated rings. The fourth-order valence-electron chi connectivity index (χ4n) is 1.39. The predicted octanol–water partition coefficient (Wildman–Crippen LogP) is 1.82. The van der Waals surface area contributed by atoms with Gasteiger partial charge < -0.3 is 15.2 Å². The SMILES string of the molecule is COc1c(C(N)=O)ccc(C(F)(F)F)c1OC. The number of benzene rings is 1. The zero-order chi connectivity index (χ0) is 13.2. The highest BCUT2D eigenvalue weighted by molar-refractivity contribution is 5.96. The number of carbonyl (C=O) groups excluding carboxylic acids is 1. The van der Waals surface area contributed by atoms with Gasteiger partial charge in [-0.05, 0) is 12.1 Å². The van der Waals surface area contributed by atoms with E-state index in [-0.39, 0.29) is 11.3 Å². The van der Waals surface area contributed by atoms with Crippen molar-refractivity contribution >= 4 is 5.91 Å². The van der Waals surface area contributed by atoms with E-state index < -0.39 is 23.4 Å². The maximum absolute atomic E-state index is 12.6. The third-order valence-corrected chi connectivity index (χ3v) is 2.09. The fraction of sp³-hybridized carbons (Fsp3) is 0.300. The van der Waals surface area contributed by atoms with Crippen molar-refractivity contribution in [2.24, 2.45) is 5.73 Å². The molecule has 0 aliphatic heterocycles. The number of halogens is 3. The summed E-state index contributed by atoms with van der Waals surface area (Å²) in [4.78, 5) is 11.0. The number of rotatable bonds is 3. The van der Waals surface area contributed by atoms with E-state index in [9.17, 15) is 18.0 Å². The second-order valence-corrected chi connectivity index (χ2v) is 3.09. The van der Waals surface area contributed by atoms with Crippen LogP contribution in [0.4, 0.5) is 13.2 Å². The van der Waals surface area contributed by atoms with E-state index >= 15 is 0 Å². The molecule has 7 heteroatoms. The Hall–Kier alpha value is -1.92. The summed E-state index contributed by atoms with van der Waals surface area (Å²) in [5.41, 5.74) is 3.82. The van der Waals surface area contributed by atoms with Crippen LogP contribution in [0.5, 0.6) is 11.5 Å². The van der Waals surface area contributed by atoms with Gasteiger partial charge >= 0.3 is 6.18 Å². The van der Waals surface area contributed by atoms with Crippen LogP contribution in [0.1, 0.15) is 15.9 Å². The van der Waals surface area contributed by atoms with E-state index in [1.807, 2.05) is 0 Å². The topological polar surface area (TPSA) is 61.5 Å². The second kappa shape index (κ2) is 4.52. The molecule has 1 amide bonds. The lowest BCUT2D eigenvalue weighted by Crippen LogP contribution is -2.15. The van der Waals surface area contributed by atoms with Gasteiger partial charge in [0.15, 0.2) is 11.5 Å². The number of alkyl halides is 3. The Morgan fingerprint density at radius 3 is 2.06 bits per heavy atom. The largest absolute Gasteiger partial charge is 0.492 e. The zero-order valence-corrected chi connectivity index (χ0v) is 9.09. The van der Waals surface area contributed by atoms with E-state index in [1.54, 1.807) is 0 Å². The van der Waals surface area contributed by atoms with Crippen LogP contribution >= 0.6 is 0 Å². The van der Waals surface area contributed by atoms with Crippen molar-refractivity contribution in [3.63, 3.8) is 0 Å². The van der Waals surface area contributed by atoms with Gasteiger partial charge in [0.05, 0.1) is 19.8 Å². The van der Waals surface area contributed by atoms with Crippen LogP contribution in [0.25, 0.3) is 0 Å². The second-order valence-electron chi connectivity index (χ2n) is 3.09. The Bertz CT molecular complexity index is 443. The molecule has 0 spiro atoms. The molecule has 0 radical (unpaired) electrons. The Kier molecular flexibility index (Phi) is 3.50. The molecule has 0 saturated carbocycles. The summed E-state index contributed by atoms with van der Waals surface area (Å²) in [6.07, 6.45) is -4.60. The summed E-state index contributed by atoms with van der Waals surface area (Å²) >= 11 is 0. The number of ether oxygens (including phenoxy) is 2. The minimum absolute atomic E-state index is 0.169. The van der Waals surface area contributed by atoms with Gasteiger partial charge in [0.1, 0.15) is 5.56 Å². The lowest BCUT2D eigenvalue weighted by atomic mass is 10.1. The van der Waals surface area contributed by atoms with Gasteiger partial charge in [0.2, 0.25) is 0 Å². The monoisotopic (exact) mass is 249 g/mol. The molecule has 4 nitrogen and oxygen atoms in total. The Balaban J connectivity index is 3.54. The van der Waals surface area contributed by atoms with Crippen LogP contribution in [0, 0.1) is 0 Å². The lowest BCUT2D eigenvalue weighted by molar-refractivity contribution is -0.138. The highest BCUT2D eigenvalue weighted by atomic mass is 19.4. The first-order chi connectivity index (χ1) is 7.82. The van der Waals surface area contributed by atoms with Crippen LogP contribution in [0.2, 0.25) is 0 Å². The third kappa shape index (κ3) is 2.43. The molecule has 1 rings (SSSR count). The molecule has 0 unspecified atom stereocenters. The molecule has 0 aliphatic carbocycles. The van der Waals surface area contributed by atoms with Crippen LogP contribution in [-0.2, 0) is 6.18 Å². The summed E-state index contributed by atoms with van der Waals surface area (Å²) < 4.78 is 47.3. The first-order valence-electron chi connectivity index (χ1n) is 4.45. The highest BCUT2D eigenvalue weighted by Crippen LogP contribution is 2.43. The molecule has 0 bridgehead atoms. The molecule has 0 atom stereocenters. The molecule has 2 N–H and O–H groups in total. The van der Waals surface area contributed by atoms with Crippen LogP contribution in [0.15, 0.2) is 12.1 Å². The maximum Gasteiger partial charge on any atom is 0.420 e. The molecule has 1 aromatic rings. The molecular weight excluding hydrogens is 239 g/mol. The van der Waals surface area contributed by atoms with Gasteiger partial charge in [-0.2, -0.15) is 13.2 Å². The minimum atomic E-state index is -4.60. The number of hydrogen-bond donors (Lipinski definition) is 1. The summed E-state index contributed by atoms with van der Waals surface area (Å²) in [5.74, 6) is -1.78. The molecular formula is C10H10F3NO3. The number of nitrogens with two attached hydrogens (primary N) is 1. The standard InChI is InChI=1S/C10H10F3NO3/c1-16-7-5(9(14)15)3-4-6(8(7)17-2)10(11,12)13/h3-4H,1-2H3,(H2,14,15). The van der Waals surface area contributed by atoms with Crippen molar-refractivity contribution in [1.29, 1.82) is 0 Å². The Labute approximate surface area is 95.1 Å². The number of methoxy groups -OCH3 is 2. The molecule has 1 aromatic carbocycles. The van der Waals surface area contributed by atoms with Gasteiger partial charge in [0, 0.05) is 0 Å². The third-order valence-electron chi connectivity index (χ3n) is 2.09. The average Bonchev–Trinajstić information content (AvgIpc) is 2.25. The lowest BCUT2D eigenvalue weighted by Gasteiger charge is -2.16. The summed E-state index contributed by atoms with van der Waals surface area (Å²) in [6, 6.07) is 1.67. The molecule has 17 heavy (non-hydrogen) atoms. The van der Waals surface area contributed by atoms with E-state index in [0.717, 1.165) is 26.4 Å². The van der Waals surface area contributed by atoms with E-state index in [0.29, 0.717) is 0 Å². The van der Waals surface area contributed by atoms with Crippen molar-refractivity contribution in [1.82, 2.24) is 0 Å². The van der Waals surface area contributed by atoms with Crippen LogP contribution in [-0.4, -0.2) is 20.1 Å². The van der Waals surface area contributed by atoms with E-state index in [4.69, 9.17) is 10.5 Å². The zero-order valence-electron chi connectivity index (χ0n) is 9.09. The van der Waals surface area contributed by atoms with Gasteiger partial charge in [-0.25, -0.2) is 0 Å². The maximum atomic E-state index is 12.6. The average molecular weight is 249 g/mol. The van der Waals surface area contributed by atoms with Gasteiger partial charge in [0.25, 0.3) is 5.91 Å². The van der Waals surface area contributed by atoms with Crippen molar-refractivity contribution in [2.75, 3.05) is 14.2 Å². The number of hydrogen-bond acceptors (Lipinski definition) is 3. The number of amides is 1. The first kappa shape index (κ1) is 13.1. The van der Waals surface area contributed by atoms with E-state index in [2.05, 4.69) is 4.74 Å². The summed E-state index contributed by atoms with van der Waals surface area (Å²) in [7, 11) is 2.18. The number of carbonyl (C=O) groups is 1. The normalized spacial score (nSPS) is 11.1. The van der Waals surface area contributed by atoms with Crippen molar-refractivity contribution in [3.8, 4) is 11.5 Å². The van der Waals surface area contributed by atoms with Crippen molar-refractivity contribution in [2.45, 2.75) is 6.18 Å². The van der Waals surface area contributed by atoms with Crippen molar-refractivity contribution < 1.29 is 27.4 Å². The van der Waals surface area contributed by atoms with Gasteiger partial charge in [-0.15, -0.1) is 0 Å². The summed E-state index contributed by atoms with van der Waals surface area (Å²) in [6.45, 7) is 0. The smallest absolute Gasteiger partial charge is 0.420 e. The highest BCUT2D eigenvalue weighted by Gasteiger charge is 2.37. The molecule has 0 aromatic heterocycles. The van der Waals surface area contributed by atoms with E-state index in [1.165, 1.54) is 0 Å². The van der Waals surface area contributed by atoms with Crippen LogP contribution < -0.4 is 15.2 Å². The molecule has 0 saturated heterocycles.